The van der Waals surface area contributed by atoms with Gasteiger partial charge in [-0.1, -0.05) is 149 Å². The van der Waals surface area contributed by atoms with E-state index in [9.17, 15) is 0 Å². The van der Waals surface area contributed by atoms with Gasteiger partial charge in [-0.25, -0.2) is 0 Å². The lowest BCUT2D eigenvalue weighted by Crippen LogP contribution is -2.16. The number of nitrogens with zero attached hydrogens (tertiary/aromatic N) is 2. The highest BCUT2D eigenvalue weighted by atomic mass is 15.1. The fourth-order valence-corrected chi connectivity index (χ4v) is 9.87. The highest BCUT2D eigenvalue weighted by molar-refractivity contribution is 5.88. The third kappa shape index (κ3) is 6.35. The van der Waals surface area contributed by atoms with Crippen molar-refractivity contribution >= 4 is 46.3 Å². The second kappa shape index (κ2) is 14.4. The van der Waals surface area contributed by atoms with E-state index < -0.39 is 0 Å². The number of aryl methyl sites for hydroxylation is 2. The molecule has 0 heterocycles. The lowest BCUT2D eigenvalue weighted by atomic mass is 9.81. The van der Waals surface area contributed by atoms with Gasteiger partial charge >= 0.3 is 0 Å². The summed E-state index contributed by atoms with van der Waals surface area (Å²) in [6.07, 6.45) is 4.50. The van der Waals surface area contributed by atoms with Crippen LogP contribution in [-0.4, -0.2) is 0 Å². The van der Waals surface area contributed by atoms with Gasteiger partial charge in [-0.15, -0.1) is 0 Å². The van der Waals surface area contributed by atoms with E-state index in [-0.39, 0.29) is 10.8 Å². The number of hydrogen-bond acceptors (Lipinski definition) is 2. The molecule has 8 aromatic carbocycles. The van der Waals surface area contributed by atoms with Crippen molar-refractivity contribution in [1.82, 2.24) is 0 Å². The molecule has 0 amide bonds. The van der Waals surface area contributed by atoms with Gasteiger partial charge in [0.1, 0.15) is 0 Å². The van der Waals surface area contributed by atoms with Crippen LogP contribution in [0.15, 0.2) is 182 Å². The third-order valence-corrected chi connectivity index (χ3v) is 12.9. The minimum Gasteiger partial charge on any atom is -0.310 e. The van der Waals surface area contributed by atoms with Crippen molar-refractivity contribution in [1.29, 1.82) is 0 Å². The van der Waals surface area contributed by atoms with Crippen LogP contribution in [0.3, 0.4) is 0 Å². The van der Waals surface area contributed by atoms with Gasteiger partial charge in [0.25, 0.3) is 0 Å². The molecular formula is C58H50N2. The van der Waals surface area contributed by atoms with E-state index in [4.69, 9.17) is 0 Å². The van der Waals surface area contributed by atoms with Crippen LogP contribution in [0.5, 0.6) is 0 Å². The predicted octanol–water partition coefficient (Wildman–Crippen LogP) is 16.0. The first kappa shape index (κ1) is 37.4. The van der Waals surface area contributed by atoms with Crippen molar-refractivity contribution in [2.75, 3.05) is 9.80 Å². The van der Waals surface area contributed by atoms with Crippen LogP contribution in [0.25, 0.3) is 34.4 Å². The summed E-state index contributed by atoms with van der Waals surface area (Å²) in [5, 5.41) is 0. The van der Waals surface area contributed by atoms with E-state index in [1.807, 2.05) is 0 Å². The second-order valence-electron chi connectivity index (χ2n) is 17.7. The van der Waals surface area contributed by atoms with Crippen molar-refractivity contribution in [2.24, 2.45) is 0 Å². The molecule has 0 spiro atoms. The highest BCUT2D eigenvalue weighted by Crippen LogP contribution is 2.52. The Balaban J connectivity index is 0.948. The highest BCUT2D eigenvalue weighted by Gasteiger charge is 2.37. The summed E-state index contributed by atoms with van der Waals surface area (Å²) in [6.45, 7) is 13.8. The zero-order valence-electron chi connectivity index (χ0n) is 35.4. The van der Waals surface area contributed by atoms with Crippen LogP contribution in [0.2, 0.25) is 0 Å². The van der Waals surface area contributed by atoms with E-state index in [1.54, 1.807) is 0 Å². The zero-order valence-corrected chi connectivity index (χ0v) is 35.4. The van der Waals surface area contributed by atoms with Crippen LogP contribution in [0.4, 0.5) is 34.1 Å². The van der Waals surface area contributed by atoms with Gasteiger partial charge in [-0.05, 0) is 153 Å². The summed E-state index contributed by atoms with van der Waals surface area (Å²) in [6, 6.07) is 67.0. The van der Waals surface area contributed by atoms with Crippen LogP contribution in [0.1, 0.15) is 72.2 Å². The monoisotopic (exact) mass is 774 g/mol. The van der Waals surface area contributed by atoms with Crippen molar-refractivity contribution < 1.29 is 0 Å². The minimum atomic E-state index is -0.154. The molecule has 2 aliphatic carbocycles. The molecule has 2 aliphatic rings. The molecule has 0 bridgehead atoms. The van der Waals surface area contributed by atoms with E-state index in [2.05, 4.69) is 245 Å². The topological polar surface area (TPSA) is 6.48 Å². The third-order valence-electron chi connectivity index (χ3n) is 12.9. The Hall–Kier alpha value is -6.90. The first-order valence-electron chi connectivity index (χ1n) is 21.2. The first-order valence-corrected chi connectivity index (χ1v) is 21.2. The van der Waals surface area contributed by atoms with Crippen molar-refractivity contribution in [3.05, 3.63) is 226 Å². The minimum absolute atomic E-state index is 0.0742. The summed E-state index contributed by atoms with van der Waals surface area (Å²) in [7, 11) is 0. The summed E-state index contributed by atoms with van der Waals surface area (Å²) >= 11 is 0. The lowest BCUT2D eigenvalue weighted by molar-refractivity contribution is 0.660. The molecule has 0 atom stereocenters. The van der Waals surface area contributed by atoms with Gasteiger partial charge < -0.3 is 9.80 Å². The molecule has 0 radical (unpaired) electrons. The van der Waals surface area contributed by atoms with Crippen LogP contribution >= 0.6 is 0 Å². The Morgan fingerprint density at radius 2 is 0.717 bits per heavy atom. The standard InChI is InChI=1S/C58H50N2/c1-39-33-40(2)35-48(34-39)60(47-29-31-51-49-19-13-14-20-53(49)57(3,4)55(51)38-47)45-26-23-41(24-27-45)21-22-42-25-30-50-52-32-28-46(37-56(52)58(5,6)54(50)36-42)59(43-15-9-7-10-16-43)44-17-11-8-12-18-44/h7-38H,1-6H3. The molecule has 0 aliphatic heterocycles. The summed E-state index contributed by atoms with van der Waals surface area (Å²) in [5.41, 5.74) is 22.4. The molecule has 0 unspecified atom stereocenters. The molecule has 0 saturated carbocycles. The van der Waals surface area contributed by atoms with E-state index >= 15 is 0 Å². The van der Waals surface area contributed by atoms with E-state index in [0.29, 0.717) is 0 Å². The zero-order chi connectivity index (χ0) is 41.2. The molecule has 2 heteroatoms. The van der Waals surface area contributed by atoms with Crippen molar-refractivity contribution in [2.45, 2.75) is 52.4 Å². The molecular weight excluding hydrogens is 725 g/mol. The van der Waals surface area contributed by atoms with Crippen molar-refractivity contribution in [3.8, 4) is 22.3 Å². The normalized spacial score (nSPS) is 14.0. The van der Waals surface area contributed by atoms with Crippen molar-refractivity contribution in [3.63, 3.8) is 0 Å². The van der Waals surface area contributed by atoms with Gasteiger partial charge in [-0.3, -0.25) is 0 Å². The maximum atomic E-state index is 2.41. The Morgan fingerprint density at radius 3 is 1.30 bits per heavy atom. The predicted molar refractivity (Wildman–Crippen MR) is 256 cm³/mol. The SMILES string of the molecule is Cc1cc(C)cc(N(c2ccc(C=Cc3ccc4c(c3)C(C)(C)c3cc(N(c5ccccc5)c5ccccc5)ccc3-4)cc2)c2ccc3c(c2)C(C)(C)c2ccccc2-3)c1. The second-order valence-corrected chi connectivity index (χ2v) is 17.7. The van der Waals surface area contributed by atoms with E-state index in [1.165, 1.54) is 78.1 Å². The molecule has 0 saturated heterocycles. The number of fused-ring (bicyclic) bond motifs is 6. The molecule has 60 heavy (non-hydrogen) atoms. The Labute approximate surface area is 355 Å². The average Bonchev–Trinajstić information content (AvgIpc) is 3.62. The maximum Gasteiger partial charge on any atom is 0.0466 e. The Kier molecular flexibility index (Phi) is 8.99. The van der Waals surface area contributed by atoms with Gasteiger partial charge in [0.15, 0.2) is 0 Å². The first-order chi connectivity index (χ1) is 29.1. The van der Waals surface area contributed by atoms with Gasteiger partial charge in [-0.2, -0.15) is 0 Å². The fourth-order valence-electron chi connectivity index (χ4n) is 9.87. The smallest absolute Gasteiger partial charge is 0.0466 e. The summed E-state index contributed by atoms with van der Waals surface area (Å²) in [5.74, 6) is 0. The summed E-state index contributed by atoms with van der Waals surface area (Å²) in [4.78, 5) is 4.77. The Bertz CT molecular complexity index is 2870. The average molecular weight is 775 g/mol. The largest absolute Gasteiger partial charge is 0.310 e. The number of hydrogen-bond donors (Lipinski definition) is 0. The molecule has 292 valence electrons. The molecule has 0 N–H and O–H groups in total. The van der Waals surface area contributed by atoms with E-state index in [0.717, 1.165) is 22.7 Å². The quantitative estimate of drug-likeness (QED) is 0.142. The fraction of sp³-hybridized carbons (Fsp3) is 0.138. The van der Waals surface area contributed by atoms with Crippen LogP contribution < -0.4 is 9.80 Å². The number of benzene rings is 8. The van der Waals surface area contributed by atoms with Crippen LogP contribution in [0, 0.1) is 13.8 Å². The molecule has 0 aromatic heterocycles. The van der Waals surface area contributed by atoms with Gasteiger partial charge in [0, 0.05) is 45.0 Å². The number of para-hydroxylation sites is 2. The van der Waals surface area contributed by atoms with Crippen LogP contribution in [-0.2, 0) is 10.8 Å². The lowest BCUT2D eigenvalue weighted by Gasteiger charge is -2.28. The molecule has 0 fully saturated rings. The molecule has 10 rings (SSSR count). The number of anilines is 6. The maximum absolute atomic E-state index is 2.41. The number of rotatable bonds is 8. The molecule has 2 nitrogen and oxygen atoms in total. The van der Waals surface area contributed by atoms with Gasteiger partial charge in [0.2, 0.25) is 0 Å². The molecule has 8 aromatic rings. The Morgan fingerprint density at radius 1 is 0.317 bits per heavy atom. The summed E-state index contributed by atoms with van der Waals surface area (Å²) < 4.78 is 0. The van der Waals surface area contributed by atoms with Gasteiger partial charge in [0.05, 0.1) is 0 Å².